The summed E-state index contributed by atoms with van der Waals surface area (Å²) in [5.41, 5.74) is 0. The van der Waals surface area contributed by atoms with Crippen LogP contribution in [0.4, 0.5) is 0 Å². The Hall–Kier alpha value is -6.48. The fourth-order valence-corrected chi connectivity index (χ4v) is 15.0. The molecule has 27 nitrogen and oxygen atoms in total. The van der Waals surface area contributed by atoms with Crippen molar-refractivity contribution in [1.29, 1.82) is 0 Å². The summed E-state index contributed by atoms with van der Waals surface area (Å²) in [7, 11) is 7.39. The van der Waals surface area contributed by atoms with E-state index < -0.39 is 157 Å². The third kappa shape index (κ3) is 28.3. The maximum absolute atomic E-state index is 15.5. The molecular weight excluding hydrogens is 1330 g/mol. The number of nitrogens with one attached hydrogen (secondary N) is 4. The number of amides is 12. The van der Waals surface area contributed by atoms with E-state index in [1.54, 1.807) is 11.8 Å². The van der Waals surface area contributed by atoms with Crippen LogP contribution in [0.2, 0.25) is 0 Å². The van der Waals surface area contributed by atoms with Gasteiger partial charge in [-0.05, 0) is 113 Å². The van der Waals surface area contributed by atoms with Crippen molar-refractivity contribution in [3.63, 3.8) is 0 Å². The Bertz CT molecular complexity index is 2770. The SMILES string of the molecule is CCCCN1CC(=O)N(C)[C@@H](CC2CCCCC2)C(=O)N[C@@H](COCCO)CC(=O)N(C)[C@@H](CC(C)C)C(=O)N[C@@H]([C@@H](C)O)C(=O)N(CCC)CC(=O)N(C)[C@@H](CC2CCCCC2)C(=O)N(C)[C@@H](CC(C)C)C(=O)N[C@@H](CC(C)C)C(=O)N(C)[C@@H](CC(C)C)C(=O)N[C@H](C(=O)N2CCCCC2)CC1=O. The molecule has 4 aliphatic rings. The molecule has 2 saturated heterocycles. The van der Waals surface area contributed by atoms with E-state index in [1.807, 2.05) is 62.3 Å². The standard InChI is InChI=1S/C77H136N12O15/c1-17-19-34-88-47-67(94)83(13)63(43-55-29-23-20-24-30-55)70(96)78-57(49-104-38-37-90)45-65(92)82(12)60(40-51(5)6)73(99)81-69(54(11)91)77(103)89(33-18-2)48-68(95)84(14)64(44-56-31-25-21-26-32-56)76(102)86(16)62(42-53(9)10)72(98)79-58(39-50(3)4)74(100)85(15)61(41-52(7)8)71(97)80-59(46-66(88)93)75(101)87-35-27-22-28-36-87/h50-64,69,90-91H,17-49H2,1-16H3,(H,78,96)(H,79,98)(H,80,97)(H,81,99)/t54-,57-,58+,59+,60+,61+,62+,63+,64+,69+/m1/s1. The molecular formula is C77H136N12O15. The van der Waals surface area contributed by atoms with Gasteiger partial charge in [0.1, 0.15) is 48.3 Å². The summed E-state index contributed by atoms with van der Waals surface area (Å²) in [5.74, 6) is -8.32. The normalized spacial score (nSPS) is 26.2. The van der Waals surface area contributed by atoms with Crippen molar-refractivity contribution < 1.29 is 72.5 Å². The summed E-state index contributed by atoms with van der Waals surface area (Å²) in [4.78, 5) is 192. The average molecular weight is 1470 g/mol. The molecule has 0 bridgehead atoms. The predicted octanol–water partition coefficient (Wildman–Crippen LogP) is 5.25. The molecule has 0 aromatic heterocycles. The number of piperidine rings is 1. The number of hydrogen-bond acceptors (Lipinski definition) is 15. The van der Waals surface area contributed by atoms with Crippen molar-refractivity contribution in [2.45, 2.75) is 291 Å². The van der Waals surface area contributed by atoms with E-state index >= 15 is 33.6 Å². The van der Waals surface area contributed by atoms with E-state index in [0.717, 1.165) is 70.6 Å². The van der Waals surface area contributed by atoms with Gasteiger partial charge in [0, 0.05) is 67.8 Å². The van der Waals surface area contributed by atoms with Crippen molar-refractivity contribution in [2.75, 3.05) is 94.3 Å². The third-order valence-electron chi connectivity index (χ3n) is 21.3. The number of aliphatic hydroxyl groups is 2. The van der Waals surface area contributed by atoms with E-state index in [-0.39, 0.29) is 107 Å². The van der Waals surface area contributed by atoms with Crippen LogP contribution >= 0.6 is 0 Å². The molecule has 6 N–H and O–H groups in total. The number of ether oxygens (including phenoxy) is 1. The molecule has 0 unspecified atom stereocenters. The Labute approximate surface area is 621 Å². The first-order chi connectivity index (χ1) is 49.1. The zero-order valence-electron chi connectivity index (χ0n) is 66.4. The van der Waals surface area contributed by atoms with Crippen LogP contribution in [0.3, 0.4) is 0 Å². The zero-order valence-corrected chi connectivity index (χ0v) is 66.4. The number of likely N-dealkylation sites (tertiary alicyclic amines) is 1. The second-order valence-electron chi connectivity index (χ2n) is 32.1. The Morgan fingerprint density at radius 2 is 0.923 bits per heavy atom. The van der Waals surface area contributed by atoms with Gasteiger partial charge in [-0.25, -0.2) is 0 Å². The first-order valence-corrected chi connectivity index (χ1v) is 39.4. The van der Waals surface area contributed by atoms with Crippen LogP contribution in [0.25, 0.3) is 0 Å². The van der Waals surface area contributed by atoms with E-state index in [2.05, 4.69) is 21.3 Å². The monoisotopic (exact) mass is 1470 g/mol. The molecule has 0 radical (unpaired) electrons. The molecule has 2 saturated carbocycles. The second kappa shape index (κ2) is 45.2. The van der Waals surface area contributed by atoms with Crippen LogP contribution < -0.4 is 21.3 Å². The molecule has 0 aromatic carbocycles. The fraction of sp³-hybridized carbons (Fsp3) is 0.844. The molecule has 0 spiro atoms. The highest BCUT2D eigenvalue weighted by Crippen LogP contribution is 2.32. The minimum Gasteiger partial charge on any atom is -0.394 e. The second-order valence-corrected chi connectivity index (χ2v) is 32.1. The van der Waals surface area contributed by atoms with Gasteiger partial charge in [-0.3, -0.25) is 57.5 Å². The molecule has 27 heteroatoms. The minimum atomic E-state index is -1.62. The van der Waals surface area contributed by atoms with Crippen molar-refractivity contribution in [3.05, 3.63) is 0 Å². The zero-order chi connectivity index (χ0) is 77.7. The van der Waals surface area contributed by atoms with Gasteiger partial charge in [0.2, 0.25) is 70.9 Å². The van der Waals surface area contributed by atoms with Gasteiger partial charge in [0.25, 0.3) is 0 Å². The third-order valence-corrected chi connectivity index (χ3v) is 21.3. The molecule has 104 heavy (non-hydrogen) atoms. The number of carbonyl (C=O) groups excluding carboxylic acids is 12. The maximum atomic E-state index is 15.5. The summed E-state index contributed by atoms with van der Waals surface area (Å²) in [5, 5.41) is 32.9. The quantitative estimate of drug-likeness (QED) is 0.0712. The molecule has 2 aliphatic carbocycles. The Morgan fingerprint density at radius 1 is 0.471 bits per heavy atom. The Kier molecular flexibility index (Phi) is 39.1. The smallest absolute Gasteiger partial charge is 0.248 e. The van der Waals surface area contributed by atoms with Crippen LogP contribution in [0.1, 0.15) is 230 Å². The van der Waals surface area contributed by atoms with Crippen LogP contribution in [0.5, 0.6) is 0 Å². The Balaban J connectivity index is 1.97. The highest BCUT2D eigenvalue weighted by molar-refractivity contribution is 5.99. The molecule has 10 atom stereocenters. The van der Waals surface area contributed by atoms with Gasteiger partial charge in [0.05, 0.1) is 51.5 Å². The minimum absolute atomic E-state index is 0.00433. The summed E-state index contributed by atoms with van der Waals surface area (Å²) in [6.07, 6.45) is 11.0. The van der Waals surface area contributed by atoms with Gasteiger partial charge in [-0.15, -0.1) is 0 Å². The average Bonchev–Trinajstić information content (AvgIpc) is 0.823. The van der Waals surface area contributed by atoms with Crippen LogP contribution in [-0.4, -0.2) is 275 Å². The largest absolute Gasteiger partial charge is 0.394 e. The first-order valence-electron chi connectivity index (χ1n) is 39.4. The van der Waals surface area contributed by atoms with E-state index in [4.69, 9.17) is 4.74 Å². The highest BCUT2D eigenvalue weighted by atomic mass is 16.5. The van der Waals surface area contributed by atoms with E-state index in [0.29, 0.717) is 45.2 Å². The van der Waals surface area contributed by atoms with E-state index in [1.165, 1.54) is 76.5 Å². The molecule has 4 fully saturated rings. The molecule has 594 valence electrons. The lowest BCUT2D eigenvalue weighted by Crippen LogP contribution is -2.61. The lowest BCUT2D eigenvalue weighted by Gasteiger charge is -2.38. The van der Waals surface area contributed by atoms with Gasteiger partial charge in [-0.1, -0.05) is 140 Å². The lowest BCUT2D eigenvalue weighted by molar-refractivity contribution is -0.151. The summed E-state index contributed by atoms with van der Waals surface area (Å²) >= 11 is 0. The van der Waals surface area contributed by atoms with Gasteiger partial charge in [-0.2, -0.15) is 0 Å². The molecule has 2 aliphatic heterocycles. The molecule has 12 amide bonds. The van der Waals surface area contributed by atoms with Crippen molar-refractivity contribution >= 4 is 70.9 Å². The number of likely N-dealkylation sites (N-methyl/N-ethyl adjacent to an activating group) is 5. The number of rotatable bonds is 23. The van der Waals surface area contributed by atoms with Crippen LogP contribution in [0.15, 0.2) is 0 Å². The number of hydrogen-bond donors (Lipinski definition) is 6. The van der Waals surface area contributed by atoms with Crippen molar-refractivity contribution in [3.8, 4) is 0 Å². The first kappa shape index (κ1) is 89.9. The summed E-state index contributed by atoms with van der Waals surface area (Å²) in [6, 6.07) is -11.2. The molecule has 2 heterocycles. The van der Waals surface area contributed by atoms with E-state index in [9.17, 15) is 34.2 Å². The van der Waals surface area contributed by atoms with Crippen molar-refractivity contribution in [2.24, 2.45) is 35.5 Å². The van der Waals surface area contributed by atoms with Crippen molar-refractivity contribution in [1.82, 2.24) is 60.5 Å². The fourth-order valence-electron chi connectivity index (χ4n) is 15.0. The van der Waals surface area contributed by atoms with Gasteiger partial charge in [0.15, 0.2) is 0 Å². The summed E-state index contributed by atoms with van der Waals surface area (Å²) in [6.45, 7) is 19.1. The maximum Gasteiger partial charge on any atom is 0.248 e. The Morgan fingerprint density at radius 3 is 1.42 bits per heavy atom. The molecule has 0 aromatic rings. The van der Waals surface area contributed by atoms with Crippen LogP contribution in [0, 0.1) is 35.5 Å². The molecule has 4 rings (SSSR count). The lowest BCUT2D eigenvalue weighted by atomic mass is 9.84. The van der Waals surface area contributed by atoms with Gasteiger partial charge < -0.3 is 75.4 Å². The van der Waals surface area contributed by atoms with Crippen LogP contribution in [-0.2, 0) is 62.3 Å². The topological polar surface area (TPSA) is 329 Å². The number of nitrogens with zero attached hydrogens (tertiary/aromatic N) is 8. The number of carbonyl (C=O) groups is 12. The summed E-state index contributed by atoms with van der Waals surface area (Å²) < 4.78 is 5.78. The number of aliphatic hydroxyl groups excluding tert-OH is 2. The highest BCUT2D eigenvalue weighted by Gasteiger charge is 2.44. The number of unbranched alkanes of at least 4 members (excludes halogenated alkanes) is 1. The van der Waals surface area contributed by atoms with Gasteiger partial charge >= 0.3 is 0 Å². The predicted molar refractivity (Wildman–Crippen MR) is 398 cm³/mol.